The Morgan fingerprint density at radius 2 is 2.24 bits per heavy atom. The first-order valence-electron chi connectivity index (χ1n) is 6.68. The summed E-state index contributed by atoms with van der Waals surface area (Å²) in [4.78, 5) is 0. The average molecular weight is 229 g/mol. The second-order valence-electron chi connectivity index (χ2n) is 5.23. The maximum absolute atomic E-state index is 3.54. The van der Waals surface area contributed by atoms with E-state index in [2.05, 4.69) is 49.5 Å². The van der Waals surface area contributed by atoms with Gasteiger partial charge in [-0.1, -0.05) is 41.5 Å². The molecular formula is C16H23N. The van der Waals surface area contributed by atoms with Gasteiger partial charge in [0.05, 0.1) is 0 Å². The third-order valence-corrected chi connectivity index (χ3v) is 3.21. The number of nitrogens with one attached hydrogen (secondary N) is 1. The van der Waals surface area contributed by atoms with Crippen LogP contribution in [0.1, 0.15) is 37.3 Å². The quantitative estimate of drug-likeness (QED) is 0.580. The zero-order valence-corrected chi connectivity index (χ0v) is 11.0. The van der Waals surface area contributed by atoms with Gasteiger partial charge in [0.1, 0.15) is 0 Å². The van der Waals surface area contributed by atoms with Crippen molar-refractivity contribution in [2.45, 2.75) is 45.6 Å². The number of hydrogen-bond acceptors (Lipinski definition) is 1. The largest absolute Gasteiger partial charge is 0.314 e. The standard InChI is InChI=1S/C16H23N/c1-13-5-3-7-15(11-13)12-14(2)6-4-10-17-16-8-9-16/h3,5-7,11,16-17H,4,8-10,12H2,1-2H3. The van der Waals surface area contributed by atoms with Gasteiger partial charge in [0.2, 0.25) is 0 Å². The van der Waals surface area contributed by atoms with E-state index >= 15 is 0 Å². The zero-order valence-electron chi connectivity index (χ0n) is 11.0. The average Bonchev–Trinajstić information content (AvgIpc) is 3.08. The van der Waals surface area contributed by atoms with Gasteiger partial charge in [-0.3, -0.25) is 0 Å². The van der Waals surface area contributed by atoms with Gasteiger partial charge < -0.3 is 5.32 Å². The van der Waals surface area contributed by atoms with Gasteiger partial charge in [0.25, 0.3) is 0 Å². The molecule has 0 atom stereocenters. The third kappa shape index (κ3) is 4.74. The molecule has 0 amide bonds. The molecule has 1 aliphatic rings. The Hall–Kier alpha value is -1.08. The Bertz CT molecular complexity index is 388. The van der Waals surface area contributed by atoms with Crippen LogP contribution in [0.15, 0.2) is 35.9 Å². The van der Waals surface area contributed by atoms with Crippen molar-refractivity contribution in [3.05, 3.63) is 47.0 Å². The SMILES string of the molecule is CC(=CCCNC1CC1)Cc1cccc(C)c1. The van der Waals surface area contributed by atoms with Crippen LogP contribution in [0.2, 0.25) is 0 Å². The van der Waals surface area contributed by atoms with Gasteiger partial charge in [0, 0.05) is 6.04 Å². The minimum Gasteiger partial charge on any atom is -0.314 e. The van der Waals surface area contributed by atoms with Crippen LogP contribution in [-0.2, 0) is 6.42 Å². The molecule has 1 aromatic carbocycles. The summed E-state index contributed by atoms with van der Waals surface area (Å²) < 4.78 is 0. The van der Waals surface area contributed by atoms with Crippen molar-refractivity contribution in [3.8, 4) is 0 Å². The van der Waals surface area contributed by atoms with E-state index in [1.807, 2.05) is 0 Å². The van der Waals surface area contributed by atoms with E-state index in [4.69, 9.17) is 0 Å². The molecule has 1 N–H and O–H groups in total. The van der Waals surface area contributed by atoms with Gasteiger partial charge in [-0.25, -0.2) is 0 Å². The van der Waals surface area contributed by atoms with Crippen LogP contribution in [0.4, 0.5) is 0 Å². The van der Waals surface area contributed by atoms with E-state index in [9.17, 15) is 0 Å². The van der Waals surface area contributed by atoms with Crippen molar-refractivity contribution < 1.29 is 0 Å². The van der Waals surface area contributed by atoms with Gasteiger partial charge in [-0.05, 0) is 51.6 Å². The van der Waals surface area contributed by atoms with Crippen LogP contribution in [0.5, 0.6) is 0 Å². The normalized spacial score (nSPS) is 16.2. The summed E-state index contributed by atoms with van der Waals surface area (Å²) in [6, 6.07) is 9.63. The lowest BCUT2D eigenvalue weighted by atomic mass is 10.0. The summed E-state index contributed by atoms with van der Waals surface area (Å²) in [6.45, 7) is 5.53. The van der Waals surface area contributed by atoms with Gasteiger partial charge in [0.15, 0.2) is 0 Å². The Morgan fingerprint density at radius 1 is 1.41 bits per heavy atom. The molecule has 92 valence electrons. The number of allylic oxidation sites excluding steroid dienone is 1. The molecule has 1 saturated carbocycles. The predicted octanol–water partition coefficient (Wildman–Crippen LogP) is 3.63. The summed E-state index contributed by atoms with van der Waals surface area (Å²) in [5, 5.41) is 3.54. The highest BCUT2D eigenvalue weighted by Crippen LogP contribution is 2.18. The van der Waals surface area contributed by atoms with Crippen molar-refractivity contribution in [3.63, 3.8) is 0 Å². The van der Waals surface area contributed by atoms with Gasteiger partial charge in [-0.15, -0.1) is 0 Å². The van der Waals surface area contributed by atoms with Gasteiger partial charge in [-0.2, -0.15) is 0 Å². The topological polar surface area (TPSA) is 12.0 Å². The van der Waals surface area contributed by atoms with E-state index in [0.717, 1.165) is 25.4 Å². The highest BCUT2D eigenvalue weighted by Gasteiger charge is 2.19. The fourth-order valence-corrected chi connectivity index (χ4v) is 2.11. The van der Waals surface area contributed by atoms with Crippen LogP contribution in [0.25, 0.3) is 0 Å². The molecule has 1 fully saturated rings. The lowest BCUT2D eigenvalue weighted by Gasteiger charge is -2.04. The molecule has 0 saturated heterocycles. The summed E-state index contributed by atoms with van der Waals surface area (Å²) in [6.07, 6.45) is 7.38. The van der Waals surface area contributed by atoms with E-state index in [1.54, 1.807) is 0 Å². The molecule has 0 spiro atoms. The first-order valence-corrected chi connectivity index (χ1v) is 6.68. The van der Waals surface area contributed by atoms with Crippen molar-refractivity contribution in [2.75, 3.05) is 6.54 Å². The fraction of sp³-hybridized carbons (Fsp3) is 0.500. The smallest absolute Gasteiger partial charge is 0.00683 e. The molecular weight excluding hydrogens is 206 g/mol. The molecule has 0 heterocycles. The molecule has 2 rings (SSSR count). The summed E-state index contributed by atoms with van der Waals surface area (Å²) in [5.41, 5.74) is 4.26. The van der Waals surface area contributed by atoms with E-state index in [0.29, 0.717) is 0 Å². The van der Waals surface area contributed by atoms with Gasteiger partial charge >= 0.3 is 0 Å². The first-order chi connectivity index (χ1) is 8.24. The third-order valence-electron chi connectivity index (χ3n) is 3.21. The van der Waals surface area contributed by atoms with E-state index in [1.165, 1.54) is 29.5 Å². The molecule has 0 radical (unpaired) electrons. The number of benzene rings is 1. The molecule has 1 aromatic rings. The molecule has 0 aliphatic heterocycles. The lowest BCUT2D eigenvalue weighted by Crippen LogP contribution is -2.16. The van der Waals surface area contributed by atoms with Crippen LogP contribution < -0.4 is 5.32 Å². The van der Waals surface area contributed by atoms with Crippen molar-refractivity contribution in [1.82, 2.24) is 5.32 Å². The molecule has 1 aliphatic carbocycles. The monoisotopic (exact) mass is 229 g/mol. The Balaban J connectivity index is 1.74. The maximum atomic E-state index is 3.54. The van der Waals surface area contributed by atoms with Crippen LogP contribution in [0, 0.1) is 6.92 Å². The molecule has 17 heavy (non-hydrogen) atoms. The summed E-state index contributed by atoms with van der Waals surface area (Å²) >= 11 is 0. The lowest BCUT2D eigenvalue weighted by molar-refractivity contribution is 0.688. The summed E-state index contributed by atoms with van der Waals surface area (Å²) in [7, 11) is 0. The molecule has 0 aromatic heterocycles. The Labute approximate surface area is 105 Å². The Morgan fingerprint density at radius 3 is 2.94 bits per heavy atom. The number of hydrogen-bond donors (Lipinski definition) is 1. The van der Waals surface area contributed by atoms with Crippen LogP contribution in [-0.4, -0.2) is 12.6 Å². The molecule has 0 unspecified atom stereocenters. The number of aryl methyl sites for hydroxylation is 1. The zero-order chi connectivity index (χ0) is 12.1. The van der Waals surface area contributed by atoms with Crippen molar-refractivity contribution in [1.29, 1.82) is 0 Å². The highest BCUT2D eigenvalue weighted by molar-refractivity contribution is 5.26. The minimum absolute atomic E-state index is 0.834. The fourth-order valence-electron chi connectivity index (χ4n) is 2.11. The van der Waals surface area contributed by atoms with Crippen LogP contribution >= 0.6 is 0 Å². The first kappa shape index (κ1) is 12.4. The highest BCUT2D eigenvalue weighted by atomic mass is 14.9. The van der Waals surface area contributed by atoms with E-state index in [-0.39, 0.29) is 0 Å². The van der Waals surface area contributed by atoms with Crippen molar-refractivity contribution in [2.24, 2.45) is 0 Å². The maximum Gasteiger partial charge on any atom is 0.00683 e. The van der Waals surface area contributed by atoms with E-state index < -0.39 is 0 Å². The molecule has 1 nitrogen and oxygen atoms in total. The number of rotatable bonds is 6. The predicted molar refractivity (Wildman–Crippen MR) is 74.3 cm³/mol. The second-order valence-corrected chi connectivity index (χ2v) is 5.23. The summed E-state index contributed by atoms with van der Waals surface area (Å²) in [5.74, 6) is 0. The Kier molecular flexibility index (Phi) is 4.38. The molecule has 1 heteroatoms. The van der Waals surface area contributed by atoms with Crippen LogP contribution in [0.3, 0.4) is 0 Å². The second kappa shape index (κ2) is 6.02. The minimum atomic E-state index is 0.834. The van der Waals surface area contributed by atoms with Crippen molar-refractivity contribution >= 4 is 0 Å². The molecule has 0 bridgehead atoms.